The quantitative estimate of drug-likeness (QED) is 0.804. The molecule has 0 aromatic carbocycles. The summed E-state index contributed by atoms with van der Waals surface area (Å²) in [5.74, 6) is 2.69. The summed E-state index contributed by atoms with van der Waals surface area (Å²) in [5.41, 5.74) is 0. The molecule has 1 rings (SSSR count). The van der Waals surface area contributed by atoms with Gasteiger partial charge in [0.1, 0.15) is 11.6 Å². The highest BCUT2D eigenvalue weighted by atomic mass is 15.2. The summed E-state index contributed by atoms with van der Waals surface area (Å²) >= 11 is 0. The van der Waals surface area contributed by atoms with Gasteiger partial charge in [0.25, 0.3) is 0 Å². The molecule has 0 aliphatic rings. The van der Waals surface area contributed by atoms with Crippen molar-refractivity contribution < 1.29 is 0 Å². The van der Waals surface area contributed by atoms with Crippen LogP contribution in [0.5, 0.6) is 0 Å². The van der Waals surface area contributed by atoms with Crippen LogP contribution in [0, 0.1) is 5.92 Å². The van der Waals surface area contributed by atoms with E-state index in [-0.39, 0.29) is 0 Å². The zero-order valence-electron chi connectivity index (χ0n) is 10.1. The minimum atomic E-state index is 0.736. The fourth-order valence-electron chi connectivity index (χ4n) is 1.34. The number of anilines is 2. The first kappa shape index (κ1) is 11.8. The van der Waals surface area contributed by atoms with Gasteiger partial charge < -0.3 is 10.2 Å². The van der Waals surface area contributed by atoms with Crippen LogP contribution in [0.2, 0.25) is 0 Å². The number of nitrogens with one attached hydrogen (secondary N) is 1. The Balaban J connectivity index is 2.60. The Labute approximate surface area is 92.5 Å². The molecule has 0 atom stereocenters. The minimum Gasteiger partial charge on any atom is -0.373 e. The molecule has 0 bridgehead atoms. The highest BCUT2D eigenvalue weighted by Gasteiger charge is 2.03. The number of rotatable bonds is 5. The molecule has 0 unspecified atom stereocenters. The van der Waals surface area contributed by atoms with E-state index in [1.807, 2.05) is 25.2 Å². The predicted octanol–water partition coefficient (Wildman–Crippen LogP) is 2.61. The zero-order valence-corrected chi connectivity index (χ0v) is 10.1. The summed E-state index contributed by atoms with van der Waals surface area (Å²) in [6, 6.07) is 6.04. The topological polar surface area (TPSA) is 28.2 Å². The molecule has 1 heterocycles. The predicted molar refractivity (Wildman–Crippen MR) is 66.5 cm³/mol. The average molecular weight is 207 g/mol. The maximum atomic E-state index is 4.48. The van der Waals surface area contributed by atoms with E-state index in [0.29, 0.717) is 0 Å². The van der Waals surface area contributed by atoms with E-state index in [1.165, 1.54) is 6.42 Å². The van der Waals surface area contributed by atoms with Gasteiger partial charge >= 0.3 is 0 Å². The summed E-state index contributed by atoms with van der Waals surface area (Å²) in [7, 11) is 3.98. The molecule has 0 fully saturated rings. The Hall–Kier alpha value is -1.25. The SMILES string of the molecule is CNc1cccc(N(C)CCC(C)C)n1. The van der Waals surface area contributed by atoms with Gasteiger partial charge in [0.2, 0.25) is 0 Å². The molecule has 0 amide bonds. The fourth-order valence-corrected chi connectivity index (χ4v) is 1.34. The van der Waals surface area contributed by atoms with Gasteiger partial charge in [-0.15, -0.1) is 0 Å². The maximum Gasteiger partial charge on any atom is 0.130 e. The van der Waals surface area contributed by atoms with Crippen molar-refractivity contribution in [3.63, 3.8) is 0 Å². The molecule has 0 aliphatic carbocycles. The largest absolute Gasteiger partial charge is 0.373 e. The second-order valence-electron chi connectivity index (χ2n) is 4.24. The monoisotopic (exact) mass is 207 g/mol. The molecule has 3 heteroatoms. The van der Waals surface area contributed by atoms with Gasteiger partial charge in [-0.3, -0.25) is 0 Å². The molecular weight excluding hydrogens is 186 g/mol. The lowest BCUT2D eigenvalue weighted by molar-refractivity contribution is 0.584. The Bertz CT molecular complexity index is 297. The third-order valence-electron chi connectivity index (χ3n) is 2.42. The molecule has 15 heavy (non-hydrogen) atoms. The third-order valence-corrected chi connectivity index (χ3v) is 2.42. The number of pyridine rings is 1. The molecule has 1 aromatic rings. The Morgan fingerprint density at radius 1 is 1.40 bits per heavy atom. The van der Waals surface area contributed by atoms with Crippen LogP contribution in [-0.4, -0.2) is 25.6 Å². The van der Waals surface area contributed by atoms with E-state index >= 15 is 0 Å². The molecular formula is C12H21N3. The van der Waals surface area contributed by atoms with Gasteiger partial charge in [-0.05, 0) is 24.5 Å². The van der Waals surface area contributed by atoms with Crippen molar-refractivity contribution >= 4 is 11.6 Å². The molecule has 1 aromatic heterocycles. The maximum absolute atomic E-state index is 4.48. The Morgan fingerprint density at radius 3 is 2.73 bits per heavy atom. The van der Waals surface area contributed by atoms with Crippen LogP contribution in [-0.2, 0) is 0 Å². The smallest absolute Gasteiger partial charge is 0.130 e. The first-order valence-electron chi connectivity index (χ1n) is 5.49. The van der Waals surface area contributed by atoms with Gasteiger partial charge in [0.05, 0.1) is 0 Å². The van der Waals surface area contributed by atoms with E-state index in [0.717, 1.165) is 24.1 Å². The van der Waals surface area contributed by atoms with Crippen LogP contribution in [0.3, 0.4) is 0 Å². The molecule has 0 spiro atoms. The molecule has 0 aliphatic heterocycles. The lowest BCUT2D eigenvalue weighted by Crippen LogP contribution is -2.21. The lowest BCUT2D eigenvalue weighted by atomic mass is 10.1. The van der Waals surface area contributed by atoms with Crippen molar-refractivity contribution in [1.29, 1.82) is 0 Å². The van der Waals surface area contributed by atoms with Crippen molar-refractivity contribution in [2.24, 2.45) is 5.92 Å². The van der Waals surface area contributed by atoms with E-state index in [9.17, 15) is 0 Å². The van der Waals surface area contributed by atoms with E-state index in [1.54, 1.807) is 0 Å². The van der Waals surface area contributed by atoms with Crippen LogP contribution in [0.1, 0.15) is 20.3 Å². The van der Waals surface area contributed by atoms with E-state index in [2.05, 4.69) is 36.1 Å². The van der Waals surface area contributed by atoms with Crippen LogP contribution < -0.4 is 10.2 Å². The minimum absolute atomic E-state index is 0.736. The summed E-state index contributed by atoms with van der Waals surface area (Å²) in [4.78, 5) is 6.68. The normalized spacial score (nSPS) is 10.5. The molecule has 1 N–H and O–H groups in total. The summed E-state index contributed by atoms with van der Waals surface area (Å²) in [6.07, 6.45) is 1.20. The number of aromatic nitrogens is 1. The molecule has 84 valence electrons. The number of hydrogen-bond acceptors (Lipinski definition) is 3. The number of hydrogen-bond donors (Lipinski definition) is 1. The van der Waals surface area contributed by atoms with Crippen LogP contribution in [0.4, 0.5) is 11.6 Å². The fraction of sp³-hybridized carbons (Fsp3) is 0.583. The third kappa shape index (κ3) is 3.78. The Morgan fingerprint density at radius 2 is 2.13 bits per heavy atom. The zero-order chi connectivity index (χ0) is 11.3. The van der Waals surface area contributed by atoms with Crippen molar-refractivity contribution in [1.82, 2.24) is 4.98 Å². The highest BCUT2D eigenvalue weighted by molar-refractivity contribution is 5.46. The van der Waals surface area contributed by atoms with Crippen molar-refractivity contribution in [2.75, 3.05) is 30.9 Å². The van der Waals surface area contributed by atoms with Crippen LogP contribution >= 0.6 is 0 Å². The van der Waals surface area contributed by atoms with Crippen molar-refractivity contribution in [3.8, 4) is 0 Å². The molecule has 0 radical (unpaired) electrons. The van der Waals surface area contributed by atoms with Gasteiger partial charge in [-0.2, -0.15) is 0 Å². The lowest BCUT2D eigenvalue weighted by Gasteiger charge is -2.19. The number of nitrogens with zero attached hydrogens (tertiary/aromatic N) is 2. The molecule has 0 saturated carbocycles. The summed E-state index contributed by atoms with van der Waals surface area (Å²) in [5, 5.41) is 3.05. The molecule has 3 nitrogen and oxygen atoms in total. The summed E-state index contributed by atoms with van der Waals surface area (Å²) in [6.45, 7) is 5.54. The van der Waals surface area contributed by atoms with Gasteiger partial charge in [0, 0.05) is 20.6 Å². The highest BCUT2D eigenvalue weighted by Crippen LogP contribution is 2.13. The first-order chi connectivity index (χ1) is 7.13. The first-order valence-corrected chi connectivity index (χ1v) is 5.49. The van der Waals surface area contributed by atoms with Crippen LogP contribution in [0.25, 0.3) is 0 Å². The average Bonchev–Trinajstić information content (AvgIpc) is 2.26. The standard InChI is InChI=1S/C12H21N3/c1-10(2)8-9-15(4)12-7-5-6-11(13-3)14-12/h5-7,10H,8-9H2,1-4H3,(H,13,14). The van der Waals surface area contributed by atoms with Crippen LogP contribution in [0.15, 0.2) is 18.2 Å². The van der Waals surface area contributed by atoms with Gasteiger partial charge in [0.15, 0.2) is 0 Å². The van der Waals surface area contributed by atoms with Gasteiger partial charge in [-0.1, -0.05) is 19.9 Å². The summed E-state index contributed by atoms with van der Waals surface area (Å²) < 4.78 is 0. The van der Waals surface area contributed by atoms with E-state index < -0.39 is 0 Å². The Kier molecular flexibility index (Phi) is 4.40. The second-order valence-corrected chi connectivity index (χ2v) is 4.24. The van der Waals surface area contributed by atoms with Crippen molar-refractivity contribution in [2.45, 2.75) is 20.3 Å². The van der Waals surface area contributed by atoms with E-state index in [4.69, 9.17) is 0 Å². The van der Waals surface area contributed by atoms with Crippen molar-refractivity contribution in [3.05, 3.63) is 18.2 Å². The van der Waals surface area contributed by atoms with Gasteiger partial charge in [-0.25, -0.2) is 4.98 Å². The second kappa shape index (κ2) is 5.59. The molecule has 0 saturated heterocycles.